The first-order valence-corrected chi connectivity index (χ1v) is 9.32. The monoisotopic (exact) mass is 365 g/mol. The lowest BCUT2D eigenvalue weighted by atomic mass is 10.1. The summed E-state index contributed by atoms with van der Waals surface area (Å²) in [5.74, 6) is -1.04. The molecule has 0 aliphatic carbocycles. The summed E-state index contributed by atoms with van der Waals surface area (Å²) in [6.45, 7) is 0.246. The van der Waals surface area contributed by atoms with E-state index in [1.165, 1.54) is 6.07 Å². The van der Waals surface area contributed by atoms with E-state index in [0.29, 0.717) is 11.3 Å². The maximum absolute atomic E-state index is 11.6. The molecule has 0 aliphatic heterocycles. The average molecular weight is 365 g/mol. The van der Waals surface area contributed by atoms with Crippen LogP contribution in [-0.4, -0.2) is 37.0 Å². The van der Waals surface area contributed by atoms with Crippen LogP contribution in [0.15, 0.2) is 48.5 Å². The van der Waals surface area contributed by atoms with Crippen molar-refractivity contribution in [3.63, 3.8) is 0 Å². The zero-order valence-corrected chi connectivity index (χ0v) is 14.4. The van der Waals surface area contributed by atoms with Gasteiger partial charge in [-0.3, -0.25) is 4.72 Å². The summed E-state index contributed by atoms with van der Waals surface area (Å²) in [6, 6.07) is 13.9. The van der Waals surface area contributed by atoms with Crippen molar-refractivity contribution >= 4 is 21.7 Å². The van der Waals surface area contributed by atoms with Crippen LogP contribution in [0.3, 0.4) is 0 Å². The van der Waals surface area contributed by atoms with Crippen molar-refractivity contribution in [1.82, 2.24) is 0 Å². The maximum Gasteiger partial charge on any atom is 0.332 e. The molecule has 0 fully saturated rings. The molecule has 0 amide bonds. The van der Waals surface area contributed by atoms with Crippen LogP contribution in [0.4, 0.5) is 5.69 Å². The van der Waals surface area contributed by atoms with Crippen molar-refractivity contribution in [2.45, 2.75) is 19.1 Å². The van der Waals surface area contributed by atoms with Gasteiger partial charge in [-0.25, -0.2) is 13.2 Å². The Hall–Kier alpha value is -2.58. The topological polar surface area (TPSA) is 113 Å². The van der Waals surface area contributed by atoms with Gasteiger partial charge in [-0.2, -0.15) is 0 Å². The van der Waals surface area contributed by atoms with Gasteiger partial charge < -0.3 is 14.9 Å². The molecule has 25 heavy (non-hydrogen) atoms. The first-order chi connectivity index (χ1) is 11.7. The standard InChI is InChI=1S/C17H19NO6S/c1-25(22,23)18-14-9-13(10-15(19)17(20)21)7-8-16(14)24-11-12-5-3-2-4-6-12/h2-9,15,18-19H,10-11H2,1H3,(H,20,21)/t15-/m0/s1. The first-order valence-electron chi connectivity index (χ1n) is 7.43. The highest BCUT2D eigenvalue weighted by molar-refractivity contribution is 7.92. The number of aliphatic hydroxyl groups excluding tert-OH is 1. The van der Waals surface area contributed by atoms with E-state index in [1.54, 1.807) is 12.1 Å². The second-order valence-corrected chi connectivity index (χ2v) is 7.29. The summed E-state index contributed by atoms with van der Waals surface area (Å²) in [4.78, 5) is 10.8. The molecule has 1 atom stereocenters. The van der Waals surface area contributed by atoms with Gasteiger partial charge in [-0.05, 0) is 23.3 Å². The molecule has 2 aromatic rings. The van der Waals surface area contributed by atoms with Crippen LogP contribution in [0.25, 0.3) is 0 Å². The van der Waals surface area contributed by atoms with E-state index >= 15 is 0 Å². The lowest BCUT2D eigenvalue weighted by molar-refractivity contribution is -0.146. The number of hydrogen-bond acceptors (Lipinski definition) is 5. The molecule has 0 heterocycles. The molecule has 2 aromatic carbocycles. The van der Waals surface area contributed by atoms with E-state index in [1.807, 2.05) is 30.3 Å². The fourth-order valence-electron chi connectivity index (χ4n) is 2.16. The Balaban J connectivity index is 2.23. The summed E-state index contributed by atoms with van der Waals surface area (Å²) in [6.07, 6.45) is -0.707. The molecule has 0 saturated heterocycles. The van der Waals surface area contributed by atoms with Gasteiger partial charge in [-0.15, -0.1) is 0 Å². The van der Waals surface area contributed by atoms with Gasteiger partial charge in [0.2, 0.25) is 10.0 Å². The molecular formula is C17H19NO6S. The van der Waals surface area contributed by atoms with Crippen LogP contribution in [0.5, 0.6) is 5.75 Å². The van der Waals surface area contributed by atoms with Gasteiger partial charge in [-0.1, -0.05) is 36.4 Å². The highest BCUT2D eigenvalue weighted by Crippen LogP contribution is 2.28. The number of benzene rings is 2. The molecule has 0 saturated carbocycles. The molecule has 0 aromatic heterocycles. The van der Waals surface area contributed by atoms with Crippen LogP contribution in [0.2, 0.25) is 0 Å². The van der Waals surface area contributed by atoms with Crippen molar-refractivity contribution in [2.75, 3.05) is 11.0 Å². The second-order valence-electron chi connectivity index (χ2n) is 5.54. The molecular weight excluding hydrogens is 346 g/mol. The van der Waals surface area contributed by atoms with E-state index in [-0.39, 0.29) is 18.7 Å². The molecule has 7 nitrogen and oxygen atoms in total. The number of aliphatic hydroxyl groups is 1. The average Bonchev–Trinajstić information content (AvgIpc) is 2.53. The van der Waals surface area contributed by atoms with E-state index in [0.717, 1.165) is 11.8 Å². The smallest absolute Gasteiger partial charge is 0.332 e. The number of nitrogens with one attached hydrogen (secondary N) is 1. The van der Waals surface area contributed by atoms with Crippen LogP contribution in [0.1, 0.15) is 11.1 Å². The Bertz CT molecular complexity index is 835. The molecule has 8 heteroatoms. The van der Waals surface area contributed by atoms with Crippen molar-refractivity contribution < 1.29 is 28.2 Å². The van der Waals surface area contributed by atoms with Crippen LogP contribution in [-0.2, 0) is 27.8 Å². The fourth-order valence-corrected chi connectivity index (χ4v) is 2.71. The normalized spacial score (nSPS) is 12.4. The third-order valence-electron chi connectivity index (χ3n) is 3.29. The van der Waals surface area contributed by atoms with Crippen molar-refractivity contribution in [2.24, 2.45) is 0 Å². The Kier molecular flexibility index (Phi) is 6.00. The van der Waals surface area contributed by atoms with Gasteiger partial charge in [0.05, 0.1) is 11.9 Å². The molecule has 134 valence electrons. The number of hydrogen-bond donors (Lipinski definition) is 3. The summed E-state index contributed by atoms with van der Waals surface area (Å²) in [5.41, 5.74) is 1.57. The molecule has 0 spiro atoms. The Morgan fingerprint density at radius 2 is 1.84 bits per heavy atom. The van der Waals surface area contributed by atoms with Crippen LogP contribution < -0.4 is 9.46 Å². The van der Waals surface area contributed by atoms with E-state index in [2.05, 4.69) is 4.72 Å². The molecule has 0 aliphatic rings. The lowest BCUT2D eigenvalue weighted by Crippen LogP contribution is -2.22. The van der Waals surface area contributed by atoms with E-state index in [4.69, 9.17) is 9.84 Å². The van der Waals surface area contributed by atoms with Crippen LogP contribution in [0, 0.1) is 0 Å². The maximum atomic E-state index is 11.6. The van der Waals surface area contributed by atoms with Crippen molar-refractivity contribution in [1.29, 1.82) is 0 Å². The second kappa shape index (κ2) is 8.00. The fraction of sp³-hybridized carbons (Fsp3) is 0.235. The van der Waals surface area contributed by atoms with Gasteiger partial charge in [0.25, 0.3) is 0 Å². The molecule has 0 unspecified atom stereocenters. The molecule has 2 rings (SSSR count). The quantitative estimate of drug-likeness (QED) is 0.655. The number of sulfonamides is 1. The largest absolute Gasteiger partial charge is 0.487 e. The number of rotatable bonds is 8. The summed E-state index contributed by atoms with van der Waals surface area (Å²) >= 11 is 0. The highest BCUT2D eigenvalue weighted by atomic mass is 32.2. The molecule has 0 bridgehead atoms. The predicted octanol–water partition coefficient (Wildman–Crippen LogP) is 1.63. The lowest BCUT2D eigenvalue weighted by Gasteiger charge is -2.15. The highest BCUT2D eigenvalue weighted by Gasteiger charge is 2.16. The number of anilines is 1. The number of carbonyl (C=O) groups is 1. The summed E-state index contributed by atoms with van der Waals surface area (Å²) < 4.78 is 31.1. The number of carboxylic acid groups (broad SMARTS) is 1. The zero-order chi connectivity index (χ0) is 18.4. The van der Waals surface area contributed by atoms with Crippen LogP contribution >= 0.6 is 0 Å². The SMILES string of the molecule is CS(=O)(=O)Nc1cc(C[C@H](O)C(=O)O)ccc1OCc1ccccc1. The van der Waals surface area contributed by atoms with Crippen molar-refractivity contribution in [3.05, 3.63) is 59.7 Å². The Labute approximate surface area is 145 Å². The molecule has 3 N–H and O–H groups in total. The van der Waals surface area contributed by atoms with E-state index < -0.39 is 22.1 Å². The zero-order valence-electron chi connectivity index (χ0n) is 13.5. The first kappa shape index (κ1) is 18.8. The minimum atomic E-state index is -3.55. The van der Waals surface area contributed by atoms with Gasteiger partial charge in [0, 0.05) is 6.42 Å². The number of carboxylic acids is 1. The minimum absolute atomic E-state index is 0.146. The Morgan fingerprint density at radius 1 is 1.16 bits per heavy atom. The molecule has 0 radical (unpaired) electrons. The third-order valence-corrected chi connectivity index (χ3v) is 3.88. The summed E-state index contributed by atoms with van der Waals surface area (Å²) in [7, 11) is -3.55. The van der Waals surface area contributed by atoms with Gasteiger partial charge in [0.1, 0.15) is 12.4 Å². The van der Waals surface area contributed by atoms with Gasteiger partial charge in [0.15, 0.2) is 6.10 Å². The number of aliphatic carboxylic acids is 1. The number of ether oxygens (including phenoxy) is 1. The summed E-state index contributed by atoms with van der Waals surface area (Å²) in [5, 5.41) is 18.2. The third kappa shape index (κ3) is 6.09. The minimum Gasteiger partial charge on any atom is -0.487 e. The predicted molar refractivity (Wildman–Crippen MR) is 93.0 cm³/mol. The van der Waals surface area contributed by atoms with E-state index in [9.17, 15) is 18.3 Å². The van der Waals surface area contributed by atoms with Crippen molar-refractivity contribution in [3.8, 4) is 5.75 Å². The Morgan fingerprint density at radius 3 is 2.44 bits per heavy atom. The van der Waals surface area contributed by atoms with Gasteiger partial charge >= 0.3 is 5.97 Å².